The Morgan fingerprint density at radius 3 is 2.58 bits per heavy atom. The van der Waals surface area contributed by atoms with Crippen LogP contribution in [0.2, 0.25) is 0 Å². The smallest absolute Gasteiger partial charge is 0.242 e. The van der Waals surface area contributed by atoms with Crippen LogP contribution < -0.4 is 10.0 Å². The normalized spacial score (nSPS) is 17.8. The lowest BCUT2D eigenvalue weighted by atomic mass is 9.81. The second kappa shape index (κ2) is 5.92. The van der Waals surface area contributed by atoms with Crippen LogP contribution in [-0.2, 0) is 10.0 Å². The van der Waals surface area contributed by atoms with Crippen molar-refractivity contribution in [2.45, 2.75) is 44.0 Å². The summed E-state index contributed by atoms with van der Waals surface area (Å²) < 4.78 is 27.7. The van der Waals surface area contributed by atoms with Gasteiger partial charge in [-0.1, -0.05) is 18.6 Å². The van der Waals surface area contributed by atoms with Crippen molar-refractivity contribution >= 4 is 15.7 Å². The summed E-state index contributed by atoms with van der Waals surface area (Å²) >= 11 is 0. The third-order valence-corrected chi connectivity index (χ3v) is 5.36. The molecule has 1 aliphatic rings. The highest BCUT2D eigenvalue weighted by Gasteiger charge is 2.28. The molecular formula is C14H22N2O2S. The molecule has 0 radical (unpaired) electrons. The van der Waals surface area contributed by atoms with Gasteiger partial charge >= 0.3 is 0 Å². The standard InChI is InChI=1S/C14H22N2O2S/c1-3-15-13-9-4-5-10-14(13)19(17,18)16-11(2)12-7-6-8-12/h4-5,9-12,15-16H,3,6-8H2,1-2H3. The molecule has 1 aliphatic carbocycles. The molecular weight excluding hydrogens is 260 g/mol. The van der Waals surface area contributed by atoms with E-state index in [4.69, 9.17) is 0 Å². The van der Waals surface area contributed by atoms with Crippen molar-refractivity contribution in [1.82, 2.24) is 4.72 Å². The van der Waals surface area contributed by atoms with E-state index in [9.17, 15) is 8.42 Å². The maximum absolute atomic E-state index is 12.4. The van der Waals surface area contributed by atoms with Crippen molar-refractivity contribution in [3.63, 3.8) is 0 Å². The monoisotopic (exact) mass is 282 g/mol. The van der Waals surface area contributed by atoms with E-state index in [-0.39, 0.29) is 6.04 Å². The molecule has 0 bridgehead atoms. The van der Waals surface area contributed by atoms with Crippen LogP contribution in [0.3, 0.4) is 0 Å². The van der Waals surface area contributed by atoms with Gasteiger partial charge in [0.25, 0.3) is 0 Å². The van der Waals surface area contributed by atoms with E-state index < -0.39 is 10.0 Å². The predicted octanol–water partition coefficient (Wildman–Crippen LogP) is 2.59. The molecule has 1 aromatic carbocycles. The first kappa shape index (κ1) is 14.3. The highest BCUT2D eigenvalue weighted by molar-refractivity contribution is 7.89. The topological polar surface area (TPSA) is 58.2 Å². The highest BCUT2D eigenvalue weighted by atomic mass is 32.2. The lowest BCUT2D eigenvalue weighted by Crippen LogP contribution is -2.40. The molecule has 0 aliphatic heterocycles. The minimum absolute atomic E-state index is 0.00781. The molecule has 106 valence electrons. The molecule has 0 amide bonds. The number of benzene rings is 1. The zero-order valence-corrected chi connectivity index (χ0v) is 12.3. The minimum atomic E-state index is -3.45. The molecule has 0 heterocycles. The average molecular weight is 282 g/mol. The van der Waals surface area contributed by atoms with Crippen LogP contribution in [0, 0.1) is 5.92 Å². The third kappa shape index (κ3) is 3.28. The fourth-order valence-corrected chi connectivity index (χ4v) is 3.88. The van der Waals surface area contributed by atoms with Crippen LogP contribution in [0.5, 0.6) is 0 Å². The summed E-state index contributed by atoms with van der Waals surface area (Å²) in [4.78, 5) is 0.336. The molecule has 1 fully saturated rings. The molecule has 19 heavy (non-hydrogen) atoms. The van der Waals surface area contributed by atoms with E-state index in [0.717, 1.165) is 12.8 Å². The summed E-state index contributed by atoms with van der Waals surface area (Å²) in [6.07, 6.45) is 3.46. The molecule has 2 rings (SSSR count). The van der Waals surface area contributed by atoms with Crippen LogP contribution >= 0.6 is 0 Å². The van der Waals surface area contributed by atoms with Crippen molar-refractivity contribution in [3.8, 4) is 0 Å². The maximum Gasteiger partial charge on any atom is 0.242 e. The molecule has 5 heteroatoms. The Bertz CT molecular complexity index is 524. The molecule has 1 unspecified atom stereocenters. The average Bonchev–Trinajstić information content (AvgIpc) is 2.26. The summed E-state index contributed by atoms with van der Waals surface area (Å²) in [6.45, 7) is 4.61. The lowest BCUT2D eigenvalue weighted by molar-refractivity contribution is 0.260. The molecule has 1 saturated carbocycles. The van der Waals surface area contributed by atoms with Gasteiger partial charge in [0.15, 0.2) is 0 Å². The number of rotatable bonds is 6. The summed E-state index contributed by atoms with van der Waals surface area (Å²) in [5.74, 6) is 0.487. The van der Waals surface area contributed by atoms with Gasteiger partial charge in [-0.05, 0) is 44.7 Å². The first-order valence-electron chi connectivity index (χ1n) is 6.90. The van der Waals surface area contributed by atoms with Gasteiger partial charge < -0.3 is 5.32 Å². The second-order valence-electron chi connectivity index (χ2n) is 5.13. The summed E-state index contributed by atoms with van der Waals surface area (Å²) in [5.41, 5.74) is 0.665. The fourth-order valence-electron chi connectivity index (χ4n) is 2.38. The van der Waals surface area contributed by atoms with Gasteiger partial charge in [-0.3, -0.25) is 0 Å². The van der Waals surface area contributed by atoms with E-state index in [2.05, 4.69) is 10.0 Å². The quantitative estimate of drug-likeness (QED) is 0.843. The van der Waals surface area contributed by atoms with Crippen LogP contribution in [0.1, 0.15) is 33.1 Å². The van der Waals surface area contributed by atoms with Gasteiger partial charge in [0.1, 0.15) is 4.90 Å². The predicted molar refractivity (Wildman–Crippen MR) is 77.7 cm³/mol. The van der Waals surface area contributed by atoms with E-state index in [0.29, 0.717) is 23.0 Å². The molecule has 0 saturated heterocycles. The number of anilines is 1. The van der Waals surface area contributed by atoms with E-state index in [1.807, 2.05) is 19.9 Å². The summed E-state index contributed by atoms with van der Waals surface area (Å²) in [7, 11) is -3.45. The Morgan fingerprint density at radius 1 is 1.32 bits per heavy atom. The first-order chi connectivity index (χ1) is 9.04. The van der Waals surface area contributed by atoms with Gasteiger partial charge in [0, 0.05) is 12.6 Å². The van der Waals surface area contributed by atoms with Crippen molar-refractivity contribution in [3.05, 3.63) is 24.3 Å². The molecule has 4 nitrogen and oxygen atoms in total. The molecule has 0 spiro atoms. The van der Waals surface area contributed by atoms with Crippen molar-refractivity contribution in [2.24, 2.45) is 5.92 Å². The largest absolute Gasteiger partial charge is 0.384 e. The van der Waals surface area contributed by atoms with Crippen LogP contribution in [0.4, 0.5) is 5.69 Å². The van der Waals surface area contributed by atoms with Gasteiger partial charge in [0.05, 0.1) is 5.69 Å². The Kier molecular flexibility index (Phi) is 4.47. The van der Waals surface area contributed by atoms with Crippen LogP contribution in [-0.4, -0.2) is 21.0 Å². The second-order valence-corrected chi connectivity index (χ2v) is 6.81. The van der Waals surface area contributed by atoms with E-state index in [1.54, 1.807) is 18.2 Å². The first-order valence-corrected chi connectivity index (χ1v) is 8.38. The Morgan fingerprint density at radius 2 is 2.00 bits per heavy atom. The van der Waals surface area contributed by atoms with Crippen LogP contribution in [0.25, 0.3) is 0 Å². The minimum Gasteiger partial charge on any atom is -0.384 e. The molecule has 1 aromatic rings. The van der Waals surface area contributed by atoms with Crippen LogP contribution in [0.15, 0.2) is 29.2 Å². The molecule has 0 aromatic heterocycles. The lowest BCUT2D eigenvalue weighted by Gasteiger charge is -2.31. The van der Waals surface area contributed by atoms with E-state index in [1.165, 1.54) is 6.42 Å². The van der Waals surface area contributed by atoms with E-state index >= 15 is 0 Å². The highest BCUT2D eigenvalue weighted by Crippen LogP contribution is 2.30. The van der Waals surface area contributed by atoms with Crippen molar-refractivity contribution < 1.29 is 8.42 Å². The van der Waals surface area contributed by atoms with Gasteiger partial charge in [-0.25, -0.2) is 13.1 Å². The summed E-state index contributed by atoms with van der Waals surface area (Å²) in [5, 5.41) is 3.09. The number of hydrogen-bond donors (Lipinski definition) is 2. The third-order valence-electron chi connectivity index (χ3n) is 3.74. The van der Waals surface area contributed by atoms with Gasteiger partial charge in [-0.2, -0.15) is 0 Å². The number of para-hydroxylation sites is 1. The zero-order chi connectivity index (χ0) is 13.9. The Hall–Kier alpha value is -1.07. The van der Waals surface area contributed by atoms with Gasteiger partial charge in [-0.15, -0.1) is 0 Å². The van der Waals surface area contributed by atoms with Gasteiger partial charge in [0.2, 0.25) is 10.0 Å². The molecule has 2 N–H and O–H groups in total. The Balaban J connectivity index is 2.18. The van der Waals surface area contributed by atoms with Crippen molar-refractivity contribution in [2.75, 3.05) is 11.9 Å². The SMILES string of the molecule is CCNc1ccccc1S(=O)(=O)NC(C)C1CCC1. The van der Waals surface area contributed by atoms with Crippen molar-refractivity contribution in [1.29, 1.82) is 0 Å². The molecule has 1 atom stereocenters. The Labute approximate surface area is 115 Å². The zero-order valence-electron chi connectivity index (χ0n) is 11.5. The number of sulfonamides is 1. The fraction of sp³-hybridized carbons (Fsp3) is 0.571. The maximum atomic E-state index is 12.4. The number of hydrogen-bond acceptors (Lipinski definition) is 3. The number of nitrogens with one attached hydrogen (secondary N) is 2. The summed E-state index contributed by atoms with van der Waals surface area (Å²) in [6, 6.07) is 7.05.